The van der Waals surface area contributed by atoms with E-state index in [9.17, 15) is 14.4 Å². The molecule has 2 rings (SSSR count). The number of anilines is 1. The third-order valence-electron chi connectivity index (χ3n) is 3.75. The number of esters is 1. The van der Waals surface area contributed by atoms with Crippen LogP contribution in [0.5, 0.6) is 11.5 Å². The summed E-state index contributed by atoms with van der Waals surface area (Å²) in [4.78, 5) is 35.8. The second kappa shape index (κ2) is 8.84. The third-order valence-corrected chi connectivity index (χ3v) is 3.75. The van der Waals surface area contributed by atoms with Crippen molar-refractivity contribution < 1.29 is 28.6 Å². The van der Waals surface area contributed by atoms with Crippen molar-refractivity contribution >= 4 is 23.9 Å². The topological polar surface area (TPSA) is 90.9 Å². The summed E-state index contributed by atoms with van der Waals surface area (Å²) in [5.74, 6) is -1.01. The summed E-state index contributed by atoms with van der Waals surface area (Å²) in [6, 6.07) is 8.52. The Labute approximate surface area is 157 Å². The summed E-state index contributed by atoms with van der Waals surface area (Å²) in [5, 5.41) is 2.67. The number of benzene rings is 2. The Bertz CT molecular complexity index is 855. The maximum absolute atomic E-state index is 12.4. The van der Waals surface area contributed by atoms with Crippen molar-refractivity contribution in [3.63, 3.8) is 0 Å². The zero-order valence-corrected chi connectivity index (χ0v) is 15.6. The van der Waals surface area contributed by atoms with Gasteiger partial charge in [0, 0.05) is 11.3 Å². The van der Waals surface area contributed by atoms with Crippen molar-refractivity contribution in [2.45, 2.75) is 13.8 Å². The molecule has 0 saturated carbocycles. The molecule has 0 atom stereocenters. The lowest BCUT2D eigenvalue weighted by Gasteiger charge is -2.14. The molecule has 0 aliphatic heterocycles. The summed E-state index contributed by atoms with van der Waals surface area (Å²) >= 11 is 0. The molecule has 1 N–H and O–H groups in total. The van der Waals surface area contributed by atoms with Crippen molar-refractivity contribution in [3.05, 3.63) is 52.6 Å². The zero-order valence-electron chi connectivity index (χ0n) is 15.6. The lowest BCUT2D eigenvalue weighted by atomic mass is 10.1. The van der Waals surface area contributed by atoms with Crippen LogP contribution in [0.15, 0.2) is 30.3 Å². The average Bonchev–Trinajstić information content (AvgIpc) is 2.63. The fourth-order valence-corrected chi connectivity index (χ4v) is 2.70. The molecule has 0 aliphatic carbocycles. The number of amides is 1. The summed E-state index contributed by atoms with van der Waals surface area (Å²) < 4.78 is 15.4. The number of rotatable bonds is 7. The molecule has 0 aliphatic rings. The number of ether oxygens (including phenoxy) is 3. The van der Waals surface area contributed by atoms with Gasteiger partial charge in [-0.05, 0) is 49.2 Å². The Kier molecular flexibility index (Phi) is 6.54. The molecule has 0 saturated heterocycles. The Morgan fingerprint density at radius 3 is 2.26 bits per heavy atom. The minimum Gasteiger partial charge on any atom is -0.493 e. The molecule has 0 aromatic heterocycles. The molecular weight excluding hydrogens is 350 g/mol. The van der Waals surface area contributed by atoms with E-state index in [4.69, 9.17) is 14.2 Å². The summed E-state index contributed by atoms with van der Waals surface area (Å²) in [5.41, 5.74) is 2.59. The van der Waals surface area contributed by atoms with Gasteiger partial charge in [-0.2, -0.15) is 0 Å². The van der Waals surface area contributed by atoms with E-state index >= 15 is 0 Å². The maximum atomic E-state index is 12.4. The van der Waals surface area contributed by atoms with Crippen molar-refractivity contribution in [2.75, 3.05) is 26.1 Å². The molecule has 0 fully saturated rings. The highest BCUT2D eigenvalue weighted by Crippen LogP contribution is 2.33. The van der Waals surface area contributed by atoms with E-state index in [-0.39, 0.29) is 22.6 Å². The monoisotopic (exact) mass is 371 g/mol. The number of hydrogen-bond donors (Lipinski definition) is 1. The van der Waals surface area contributed by atoms with E-state index in [1.165, 1.54) is 26.4 Å². The maximum Gasteiger partial charge on any atom is 0.343 e. The van der Waals surface area contributed by atoms with E-state index in [2.05, 4.69) is 5.32 Å². The van der Waals surface area contributed by atoms with E-state index in [1.54, 1.807) is 0 Å². The van der Waals surface area contributed by atoms with Gasteiger partial charge in [-0.3, -0.25) is 9.59 Å². The smallest absolute Gasteiger partial charge is 0.343 e. The number of carbonyl (C=O) groups is 3. The minimum absolute atomic E-state index is 0.0711. The van der Waals surface area contributed by atoms with Crippen LogP contribution >= 0.6 is 0 Å². The molecule has 2 aromatic carbocycles. The van der Waals surface area contributed by atoms with Crippen LogP contribution in [0.25, 0.3) is 0 Å². The van der Waals surface area contributed by atoms with Gasteiger partial charge in [0.25, 0.3) is 5.91 Å². The molecule has 7 heteroatoms. The molecule has 0 spiro atoms. The second-order valence-corrected chi connectivity index (χ2v) is 5.88. The van der Waals surface area contributed by atoms with E-state index in [0.29, 0.717) is 12.0 Å². The second-order valence-electron chi connectivity index (χ2n) is 5.88. The summed E-state index contributed by atoms with van der Waals surface area (Å²) in [6.07, 6.45) is 0.508. The highest BCUT2D eigenvalue weighted by molar-refractivity contribution is 6.03. The summed E-state index contributed by atoms with van der Waals surface area (Å²) in [7, 11) is 2.75. The Morgan fingerprint density at radius 1 is 1.04 bits per heavy atom. The van der Waals surface area contributed by atoms with Gasteiger partial charge in [0.2, 0.25) is 0 Å². The Hall–Kier alpha value is -3.35. The molecule has 0 radical (unpaired) electrons. The van der Waals surface area contributed by atoms with Gasteiger partial charge >= 0.3 is 5.97 Å². The van der Waals surface area contributed by atoms with Crippen LogP contribution in [0, 0.1) is 13.8 Å². The molecule has 0 heterocycles. The highest BCUT2D eigenvalue weighted by atomic mass is 16.5. The number of hydrogen-bond acceptors (Lipinski definition) is 6. The first-order valence-corrected chi connectivity index (χ1v) is 8.15. The molecule has 27 heavy (non-hydrogen) atoms. The number of carbonyl (C=O) groups excluding carboxylic acids is 3. The molecule has 142 valence electrons. The normalized spacial score (nSPS) is 10.1. The van der Waals surface area contributed by atoms with Gasteiger partial charge in [0.05, 0.1) is 14.2 Å². The van der Waals surface area contributed by atoms with Crippen molar-refractivity contribution in [2.24, 2.45) is 0 Å². The first-order chi connectivity index (χ1) is 12.9. The average molecular weight is 371 g/mol. The molecule has 0 unspecified atom stereocenters. The lowest BCUT2D eigenvalue weighted by molar-refractivity contribution is -0.119. The number of methoxy groups -OCH3 is 2. The van der Waals surface area contributed by atoms with E-state index in [0.717, 1.165) is 11.1 Å². The van der Waals surface area contributed by atoms with Crippen LogP contribution < -0.4 is 14.8 Å². The first kappa shape index (κ1) is 20.0. The van der Waals surface area contributed by atoms with Gasteiger partial charge in [-0.25, -0.2) is 4.79 Å². The van der Waals surface area contributed by atoms with Crippen LogP contribution in [0.3, 0.4) is 0 Å². The molecule has 7 nitrogen and oxygen atoms in total. The van der Waals surface area contributed by atoms with Crippen LogP contribution in [0.4, 0.5) is 5.69 Å². The zero-order chi connectivity index (χ0) is 20.0. The first-order valence-electron chi connectivity index (χ1n) is 8.15. The molecule has 2 aromatic rings. The van der Waals surface area contributed by atoms with Gasteiger partial charge in [-0.15, -0.1) is 0 Å². The number of nitrogens with one attached hydrogen (secondary N) is 1. The van der Waals surface area contributed by atoms with Crippen LogP contribution in [0.1, 0.15) is 31.8 Å². The SMILES string of the molecule is COc1ccc(C=O)c(C(=O)OCC(=O)Nc2cc(C)cc(C)c2)c1OC. The van der Waals surface area contributed by atoms with Crippen LogP contribution in [-0.4, -0.2) is 39.0 Å². The number of aldehydes is 1. The van der Waals surface area contributed by atoms with Gasteiger partial charge in [0.15, 0.2) is 24.4 Å². The van der Waals surface area contributed by atoms with Gasteiger partial charge < -0.3 is 19.5 Å². The number of aryl methyl sites for hydroxylation is 2. The quantitative estimate of drug-likeness (QED) is 0.594. The van der Waals surface area contributed by atoms with Crippen LogP contribution in [-0.2, 0) is 9.53 Å². The molecular formula is C20H21NO6. The predicted molar refractivity (Wildman–Crippen MR) is 99.8 cm³/mol. The third kappa shape index (κ3) is 4.84. The molecule has 1 amide bonds. The fourth-order valence-electron chi connectivity index (χ4n) is 2.70. The molecule has 0 bridgehead atoms. The van der Waals surface area contributed by atoms with Crippen molar-refractivity contribution in [1.82, 2.24) is 0 Å². The standard InChI is InChI=1S/C20H21NO6/c1-12-7-13(2)9-15(8-12)21-17(23)11-27-20(24)18-14(10-22)5-6-16(25-3)19(18)26-4/h5-10H,11H2,1-4H3,(H,21,23). The minimum atomic E-state index is -0.858. The van der Waals surface area contributed by atoms with E-state index < -0.39 is 18.5 Å². The predicted octanol–water partition coefficient (Wildman–Crippen LogP) is 2.93. The summed E-state index contributed by atoms with van der Waals surface area (Å²) in [6.45, 7) is 3.32. The largest absolute Gasteiger partial charge is 0.493 e. The van der Waals surface area contributed by atoms with Crippen molar-refractivity contribution in [3.8, 4) is 11.5 Å². The fraction of sp³-hybridized carbons (Fsp3) is 0.250. The van der Waals surface area contributed by atoms with Gasteiger partial charge in [-0.1, -0.05) is 6.07 Å². The van der Waals surface area contributed by atoms with E-state index in [1.807, 2.05) is 32.0 Å². The van der Waals surface area contributed by atoms with Crippen LogP contribution in [0.2, 0.25) is 0 Å². The Morgan fingerprint density at radius 2 is 1.70 bits per heavy atom. The lowest BCUT2D eigenvalue weighted by Crippen LogP contribution is -2.22. The Balaban J connectivity index is 2.13. The van der Waals surface area contributed by atoms with Gasteiger partial charge in [0.1, 0.15) is 5.56 Å². The van der Waals surface area contributed by atoms with Crippen molar-refractivity contribution in [1.29, 1.82) is 0 Å². The highest BCUT2D eigenvalue weighted by Gasteiger charge is 2.23.